The Balaban J connectivity index is 1.71. The van der Waals surface area contributed by atoms with Crippen LogP contribution in [0, 0.1) is 0 Å². The summed E-state index contributed by atoms with van der Waals surface area (Å²) in [5.74, 6) is -1.78. The number of aromatic hydroxyl groups is 1. The lowest BCUT2D eigenvalue weighted by atomic mass is 9.76. The number of rotatable bonds is 1. The minimum atomic E-state index is -1.89. The first-order valence-electron chi connectivity index (χ1n) is 10.7. The van der Waals surface area contributed by atoms with Gasteiger partial charge in [0, 0.05) is 51.5 Å². The van der Waals surface area contributed by atoms with Crippen molar-refractivity contribution >= 4 is 29.0 Å². The molecule has 3 aliphatic rings. The van der Waals surface area contributed by atoms with Crippen molar-refractivity contribution in [3.05, 3.63) is 105 Å². The molecule has 0 aromatic heterocycles. The highest BCUT2D eigenvalue weighted by atomic mass is 35.5. The number of aliphatic hydroxyl groups is 1. The number of fused-ring (bicyclic) bond motifs is 5. The highest BCUT2D eigenvalue weighted by Crippen LogP contribution is 2.55. The summed E-state index contributed by atoms with van der Waals surface area (Å²) >= 11 is 6.30. The van der Waals surface area contributed by atoms with Crippen molar-refractivity contribution in [2.45, 2.75) is 11.6 Å². The average Bonchev–Trinajstić information content (AvgIpc) is 3.20. The van der Waals surface area contributed by atoms with Gasteiger partial charge in [-0.2, -0.15) is 0 Å². The molecule has 6 nitrogen and oxygen atoms in total. The summed E-state index contributed by atoms with van der Waals surface area (Å²) in [5, 5.41) is 27.0. The molecule has 0 radical (unpaired) electrons. The van der Waals surface area contributed by atoms with Crippen LogP contribution in [-0.2, 0) is 5.72 Å². The molecule has 2 aliphatic heterocycles. The zero-order valence-corrected chi connectivity index (χ0v) is 18.1. The normalized spacial score (nSPS) is 23.3. The monoisotopic (exact) mass is 458 g/mol. The van der Waals surface area contributed by atoms with Crippen LogP contribution in [0.2, 0.25) is 5.02 Å². The molecule has 7 heteroatoms. The Hall–Kier alpha value is -3.61. The largest absolute Gasteiger partial charge is 0.508 e. The van der Waals surface area contributed by atoms with E-state index in [4.69, 9.17) is 11.6 Å². The zero-order valence-electron chi connectivity index (χ0n) is 17.4. The van der Waals surface area contributed by atoms with Gasteiger partial charge in [0.25, 0.3) is 5.91 Å². The lowest BCUT2D eigenvalue weighted by molar-refractivity contribution is -0.0972. The molecule has 0 fully saturated rings. The summed E-state index contributed by atoms with van der Waals surface area (Å²) in [7, 11) is 0. The summed E-state index contributed by atoms with van der Waals surface area (Å²) in [6.07, 6.45) is 0. The topological polar surface area (TPSA) is 89.9 Å². The van der Waals surface area contributed by atoms with Gasteiger partial charge in [0.15, 0.2) is 11.5 Å². The van der Waals surface area contributed by atoms with Crippen molar-refractivity contribution in [2.75, 3.05) is 13.1 Å². The smallest absolute Gasteiger partial charge is 0.256 e. The zero-order chi connectivity index (χ0) is 22.9. The van der Waals surface area contributed by atoms with Crippen molar-refractivity contribution in [1.29, 1.82) is 0 Å². The van der Waals surface area contributed by atoms with Gasteiger partial charge in [-0.25, -0.2) is 0 Å². The van der Waals surface area contributed by atoms with E-state index in [0.29, 0.717) is 39.5 Å². The van der Waals surface area contributed by atoms with Gasteiger partial charge in [-0.1, -0.05) is 54.1 Å². The number of amides is 1. The number of hydrogen-bond donors (Lipinski definition) is 3. The van der Waals surface area contributed by atoms with Crippen molar-refractivity contribution < 1.29 is 19.8 Å². The molecule has 0 saturated heterocycles. The van der Waals surface area contributed by atoms with Gasteiger partial charge < -0.3 is 20.4 Å². The molecule has 3 aromatic carbocycles. The van der Waals surface area contributed by atoms with E-state index in [1.807, 2.05) is 12.1 Å². The third-order valence-electron chi connectivity index (χ3n) is 6.79. The average molecular weight is 459 g/mol. The molecule has 0 spiro atoms. The molecule has 33 heavy (non-hydrogen) atoms. The van der Waals surface area contributed by atoms with E-state index in [1.54, 1.807) is 42.5 Å². The molecule has 2 unspecified atom stereocenters. The van der Waals surface area contributed by atoms with Crippen LogP contribution in [0.5, 0.6) is 5.75 Å². The lowest BCUT2D eigenvalue weighted by Crippen LogP contribution is -2.52. The maximum Gasteiger partial charge on any atom is 0.256 e. The third kappa shape index (κ3) is 2.59. The fourth-order valence-electron chi connectivity index (χ4n) is 5.41. The molecule has 164 valence electrons. The number of ketones is 1. The molecule has 1 aliphatic carbocycles. The molecule has 0 saturated carbocycles. The van der Waals surface area contributed by atoms with Gasteiger partial charge in [-0.15, -0.1) is 0 Å². The first-order valence-corrected chi connectivity index (χ1v) is 11.0. The van der Waals surface area contributed by atoms with Crippen molar-refractivity contribution in [3.8, 4) is 5.75 Å². The number of phenolic OH excluding ortho intramolecular Hbond substituents is 1. The summed E-state index contributed by atoms with van der Waals surface area (Å²) in [6, 6.07) is 18.6. The Morgan fingerprint density at radius 1 is 0.970 bits per heavy atom. The van der Waals surface area contributed by atoms with Crippen LogP contribution in [0.15, 0.2) is 72.3 Å². The number of halogens is 1. The SMILES string of the molecule is O=C1C2=C(NCCN3C(=O)c4ccccc4C3(O)C2c2cc(Cl)ccc2O)c2ccccc21. The predicted octanol–water partition coefficient (Wildman–Crippen LogP) is 3.64. The first-order chi connectivity index (χ1) is 15.9. The maximum atomic E-state index is 13.8. The summed E-state index contributed by atoms with van der Waals surface area (Å²) in [4.78, 5) is 28.5. The van der Waals surface area contributed by atoms with Crippen LogP contribution in [-0.4, -0.2) is 39.9 Å². The molecule has 0 bridgehead atoms. The number of carbonyl (C=O) groups is 2. The van der Waals surface area contributed by atoms with E-state index in [-0.39, 0.29) is 29.5 Å². The molecular weight excluding hydrogens is 440 g/mol. The fraction of sp³-hybridized carbons (Fsp3) is 0.154. The minimum absolute atomic E-state index is 0.120. The first kappa shape index (κ1) is 20.0. The standard InChI is InChI=1S/C26H19ClN2O4/c27-14-9-10-20(30)18(13-14)22-21-23(15-5-1-2-6-16(15)24(21)31)28-11-12-29-25(32)17-7-3-4-8-19(17)26(22,29)33/h1-10,13,22,28,30,33H,11-12H2. The Morgan fingerprint density at radius 3 is 2.45 bits per heavy atom. The Bertz CT molecular complexity index is 1400. The minimum Gasteiger partial charge on any atom is -0.508 e. The van der Waals surface area contributed by atoms with Crippen molar-refractivity contribution in [1.82, 2.24) is 10.2 Å². The number of phenols is 1. The second-order valence-corrected chi connectivity index (χ2v) is 8.89. The maximum absolute atomic E-state index is 13.8. The van der Waals surface area contributed by atoms with Crippen LogP contribution in [0.4, 0.5) is 0 Å². The summed E-state index contributed by atoms with van der Waals surface area (Å²) in [5.41, 5.74) is 1.30. The van der Waals surface area contributed by atoms with Crippen LogP contribution < -0.4 is 5.32 Å². The second-order valence-electron chi connectivity index (χ2n) is 8.45. The molecule has 2 heterocycles. The van der Waals surface area contributed by atoms with Gasteiger partial charge in [0.05, 0.1) is 11.6 Å². The number of benzene rings is 3. The van der Waals surface area contributed by atoms with Gasteiger partial charge in [0.1, 0.15) is 5.75 Å². The molecule has 3 N–H and O–H groups in total. The van der Waals surface area contributed by atoms with Crippen LogP contribution in [0.1, 0.15) is 43.3 Å². The third-order valence-corrected chi connectivity index (χ3v) is 7.03. The van der Waals surface area contributed by atoms with Crippen LogP contribution in [0.3, 0.4) is 0 Å². The Labute approximate surface area is 194 Å². The van der Waals surface area contributed by atoms with E-state index in [9.17, 15) is 19.8 Å². The number of nitrogens with zero attached hydrogens (tertiary/aromatic N) is 1. The highest BCUT2D eigenvalue weighted by Gasteiger charge is 2.58. The van der Waals surface area contributed by atoms with Gasteiger partial charge >= 0.3 is 0 Å². The molecule has 6 rings (SSSR count). The van der Waals surface area contributed by atoms with E-state index in [2.05, 4.69) is 5.32 Å². The molecule has 3 aromatic rings. The second kappa shape index (κ2) is 6.94. The number of carbonyl (C=O) groups excluding carboxylic acids is 2. The van der Waals surface area contributed by atoms with E-state index in [1.165, 1.54) is 17.0 Å². The number of Topliss-reactive ketones (excluding diaryl/α,β-unsaturated/α-hetero) is 1. The van der Waals surface area contributed by atoms with Crippen LogP contribution in [0.25, 0.3) is 5.70 Å². The van der Waals surface area contributed by atoms with Gasteiger partial charge in [-0.05, 0) is 24.3 Å². The van der Waals surface area contributed by atoms with E-state index >= 15 is 0 Å². The Morgan fingerprint density at radius 2 is 1.67 bits per heavy atom. The quantitative estimate of drug-likeness (QED) is 0.518. The summed E-state index contributed by atoms with van der Waals surface area (Å²) < 4.78 is 0. The number of nitrogens with one attached hydrogen (secondary N) is 1. The number of hydrogen-bond acceptors (Lipinski definition) is 5. The fourth-order valence-corrected chi connectivity index (χ4v) is 5.59. The summed E-state index contributed by atoms with van der Waals surface area (Å²) in [6.45, 7) is 0.547. The Kier molecular flexibility index (Phi) is 4.21. The van der Waals surface area contributed by atoms with E-state index < -0.39 is 11.6 Å². The van der Waals surface area contributed by atoms with E-state index in [0.717, 1.165) is 5.56 Å². The molecule has 1 amide bonds. The van der Waals surface area contributed by atoms with Crippen molar-refractivity contribution in [3.63, 3.8) is 0 Å². The molecular formula is C26H19ClN2O4. The highest BCUT2D eigenvalue weighted by molar-refractivity contribution is 6.30. The van der Waals surface area contributed by atoms with Crippen molar-refractivity contribution in [2.24, 2.45) is 0 Å². The lowest BCUT2D eigenvalue weighted by Gasteiger charge is -2.43. The van der Waals surface area contributed by atoms with Crippen LogP contribution >= 0.6 is 11.6 Å². The predicted molar refractivity (Wildman–Crippen MR) is 123 cm³/mol. The molecule has 2 atom stereocenters. The van der Waals surface area contributed by atoms with Gasteiger partial charge in [0.2, 0.25) is 0 Å². The van der Waals surface area contributed by atoms with Gasteiger partial charge in [-0.3, -0.25) is 9.59 Å².